The molecule has 0 saturated heterocycles. The fourth-order valence-electron chi connectivity index (χ4n) is 3.45. The minimum Gasteiger partial charge on any atom is -0.490 e. The number of aliphatic imine (C=N–C) groups is 1. The zero-order valence-electron chi connectivity index (χ0n) is 17.6. The highest BCUT2D eigenvalue weighted by Gasteiger charge is 2.20. The third kappa shape index (κ3) is 4.82. The van der Waals surface area contributed by atoms with Crippen molar-refractivity contribution in [3.63, 3.8) is 0 Å². The molecular formula is C24H29N5O. The first-order valence-corrected chi connectivity index (χ1v) is 10.5. The Hall–Kier alpha value is -3.28. The third-order valence-electron chi connectivity index (χ3n) is 5.48. The standard InChI is InChI=1S/C24H29N5O/c1-18(19-9-5-10-21(16-19)29-15-7-14-27-29)28-24(25-2)26-17-20-8-3-4-13-23(20)30-22-11-6-12-22/h3-5,7-10,13-16,18,22H,6,11-12,17H2,1-2H3,(H2,25,26,28). The van der Waals surface area contributed by atoms with E-state index in [4.69, 9.17) is 4.74 Å². The number of hydrogen-bond acceptors (Lipinski definition) is 3. The predicted octanol–water partition coefficient (Wildman–Crippen LogP) is 4.23. The van der Waals surface area contributed by atoms with E-state index in [1.54, 1.807) is 13.2 Å². The highest BCUT2D eigenvalue weighted by atomic mass is 16.5. The molecule has 2 N–H and O–H groups in total. The summed E-state index contributed by atoms with van der Waals surface area (Å²) in [5, 5.41) is 11.2. The lowest BCUT2D eigenvalue weighted by Crippen LogP contribution is -2.38. The summed E-state index contributed by atoms with van der Waals surface area (Å²) >= 11 is 0. The van der Waals surface area contributed by atoms with Gasteiger partial charge in [0.2, 0.25) is 0 Å². The average Bonchev–Trinajstić information content (AvgIpc) is 3.29. The molecule has 1 aliphatic rings. The maximum absolute atomic E-state index is 6.14. The first-order chi connectivity index (χ1) is 14.7. The summed E-state index contributed by atoms with van der Waals surface area (Å²) < 4.78 is 8.00. The molecule has 1 aliphatic carbocycles. The predicted molar refractivity (Wildman–Crippen MR) is 120 cm³/mol. The number of guanidine groups is 1. The largest absolute Gasteiger partial charge is 0.490 e. The molecule has 0 bridgehead atoms. The van der Waals surface area contributed by atoms with Gasteiger partial charge in [-0.15, -0.1) is 0 Å². The maximum atomic E-state index is 6.14. The van der Waals surface area contributed by atoms with Gasteiger partial charge in [0.1, 0.15) is 5.75 Å². The van der Waals surface area contributed by atoms with Crippen molar-refractivity contribution in [2.24, 2.45) is 4.99 Å². The summed E-state index contributed by atoms with van der Waals surface area (Å²) in [5.74, 6) is 1.72. The van der Waals surface area contributed by atoms with Crippen molar-refractivity contribution in [2.45, 2.75) is 44.9 Å². The molecule has 1 saturated carbocycles. The van der Waals surface area contributed by atoms with Gasteiger partial charge in [0.25, 0.3) is 0 Å². The van der Waals surface area contributed by atoms with Crippen molar-refractivity contribution < 1.29 is 4.74 Å². The lowest BCUT2D eigenvalue weighted by Gasteiger charge is -2.27. The Morgan fingerprint density at radius 3 is 2.80 bits per heavy atom. The van der Waals surface area contributed by atoms with Gasteiger partial charge in [0, 0.05) is 31.5 Å². The molecule has 0 spiro atoms. The van der Waals surface area contributed by atoms with Gasteiger partial charge in [-0.3, -0.25) is 4.99 Å². The molecule has 6 nitrogen and oxygen atoms in total. The van der Waals surface area contributed by atoms with Crippen molar-refractivity contribution in [1.82, 2.24) is 20.4 Å². The molecule has 0 amide bonds. The third-order valence-corrected chi connectivity index (χ3v) is 5.48. The highest BCUT2D eigenvalue weighted by molar-refractivity contribution is 5.80. The monoisotopic (exact) mass is 403 g/mol. The summed E-state index contributed by atoms with van der Waals surface area (Å²) in [5.41, 5.74) is 3.34. The number of rotatable bonds is 7. The number of benzene rings is 2. The van der Waals surface area contributed by atoms with E-state index in [9.17, 15) is 0 Å². The van der Waals surface area contributed by atoms with Gasteiger partial charge in [-0.25, -0.2) is 4.68 Å². The summed E-state index contributed by atoms with van der Waals surface area (Å²) in [7, 11) is 1.79. The summed E-state index contributed by atoms with van der Waals surface area (Å²) in [4.78, 5) is 4.39. The van der Waals surface area contributed by atoms with E-state index in [-0.39, 0.29) is 6.04 Å². The van der Waals surface area contributed by atoms with E-state index < -0.39 is 0 Å². The van der Waals surface area contributed by atoms with Crippen LogP contribution in [-0.2, 0) is 6.54 Å². The van der Waals surface area contributed by atoms with Crippen molar-refractivity contribution in [3.05, 3.63) is 78.1 Å². The van der Waals surface area contributed by atoms with Crippen LogP contribution in [0.3, 0.4) is 0 Å². The van der Waals surface area contributed by atoms with Crippen LogP contribution in [0.5, 0.6) is 5.75 Å². The van der Waals surface area contributed by atoms with Gasteiger partial charge in [-0.2, -0.15) is 5.10 Å². The minimum absolute atomic E-state index is 0.0909. The molecule has 1 heterocycles. The van der Waals surface area contributed by atoms with Crippen LogP contribution in [0.2, 0.25) is 0 Å². The van der Waals surface area contributed by atoms with Crippen molar-refractivity contribution >= 4 is 5.96 Å². The van der Waals surface area contributed by atoms with Crippen LogP contribution >= 0.6 is 0 Å². The number of nitrogens with one attached hydrogen (secondary N) is 2. The Balaban J connectivity index is 1.38. The van der Waals surface area contributed by atoms with E-state index in [0.29, 0.717) is 12.6 Å². The Bertz CT molecular complexity index is 979. The second-order valence-electron chi connectivity index (χ2n) is 7.62. The van der Waals surface area contributed by atoms with E-state index in [1.165, 1.54) is 12.0 Å². The molecule has 6 heteroatoms. The summed E-state index contributed by atoms with van der Waals surface area (Å²) in [6.45, 7) is 2.78. The maximum Gasteiger partial charge on any atom is 0.191 e. The van der Waals surface area contributed by atoms with Crippen molar-refractivity contribution in [1.29, 1.82) is 0 Å². The van der Waals surface area contributed by atoms with Crippen LogP contribution in [0.1, 0.15) is 43.4 Å². The quantitative estimate of drug-likeness (QED) is 0.458. The fourth-order valence-corrected chi connectivity index (χ4v) is 3.45. The molecule has 156 valence electrons. The van der Waals surface area contributed by atoms with E-state index in [1.807, 2.05) is 29.1 Å². The van der Waals surface area contributed by atoms with Crippen LogP contribution in [0.25, 0.3) is 5.69 Å². The molecule has 1 fully saturated rings. The molecule has 4 rings (SSSR count). The number of nitrogens with zero attached hydrogens (tertiary/aromatic N) is 3. The summed E-state index contributed by atoms with van der Waals surface area (Å²) in [6.07, 6.45) is 7.67. The molecular weight excluding hydrogens is 374 g/mol. The van der Waals surface area contributed by atoms with Crippen LogP contribution in [0.4, 0.5) is 0 Å². The minimum atomic E-state index is 0.0909. The Morgan fingerprint density at radius 2 is 2.07 bits per heavy atom. The topological polar surface area (TPSA) is 63.5 Å². The average molecular weight is 404 g/mol. The van der Waals surface area contributed by atoms with E-state index in [2.05, 4.69) is 64.0 Å². The molecule has 30 heavy (non-hydrogen) atoms. The summed E-state index contributed by atoms with van der Waals surface area (Å²) in [6, 6.07) is 18.6. The van der Waals surface area contributed by atoms with Gasteiger partial charge < -0.3 is 15.4 Å². The van der Waals surface area contributed by atoms with Gasteiger partial charge in [-0.05, 0) is 56.0 Å². The molecule has 2 aromatic carbocycles. The van der Waals surface area contributed by atoms with E-state index >= 15 is 0 Å². The van der Waals surface area contributed by atoms with E-state index in [0.717, 1.165) is 35.8 Å². The Kier molecular flexibility index (Phi) is 6.32. The molecule has 1 atom stereocenters. The van der Waals surface area contributed by atoms with Crippen LogP contribution in [-0.4, -0.2) is 28.9 Å². The molecule has 1 aromatic heterocycles. The SMILES string of the molecule is CN=C(NCc1ccccc1OC1CCC1)NC(C)c1cccc(-n2cccn2)c1. The smallest absolute Gasteiger partial charge is 0.191 e. The van der Waals surface area contributed by atoms with Crippen LogP contribution in [0.15, 0.2) is 72.0 Å². The zero-order chi connectivity index (χ0) is 20.8. The second kappa shape index (κ2) is 9.48. The van der Waals surface area contributed by atoms with Crippen molar-refractivity contribution in [3.8, 4) is 11.4 Å². The number of ether oxygens (including phenoxy) is 1. The zero-order valence-corrected chi connectivity index (χ0v) is 17.6. The van der Waals surface area contributed by atoms with Gasteiger partial charge in [0.05, 0.1) is 17.8 Å². The fraction of sp³-hybridized carbons (Fsp3) is 0.333. The lowest BCUT2D eigenvalue weighted by atomic mass is 9.96. The number of aromatic nitrogens is 2. The van der Waals surface area contributed by atoms with Gasteiger partial charge in [-0.1, -0.05) is 30.3 Å². The first-order valence-electron chi connectivity index (χ1n) is 10.5. The second-order valence-corrected chi connectivity index (χ2v) is 7.62. The molecule has 1 unspecified atom stereocenters. The molecule has 3 aromatic rings. The number of hydrogen-bond donors (Lipinski definition) is 2. The number of para-hydroxylation sites is 1. The first kappa shape index (κ1) is 20.0. The molecule has 0 aliphatic heterocycles. The van der Waals surface area contributed by atoms with Crippen molar-refractivity contribution in [2.75, 3.05) is 7.05 Å². The Morgan fingerprint density at radius 1 is 1.20 bits per heavy atom. The van der Waals surface area contributed by atoms with Crippen LogP contribution in [0, 0.1) is 0 Å². The Labute approximate surface area is 178 Å². The lowest BCUT2D eigenvalue weighted by molar-refractivity contribution is 0.119. The highest BCUT2D eigenvalue weighted by Crippen LogP contribution is 2.27. The normalized spacial score (nSPS) is 15.3. The van der Waals surface area contributed by atoms with Crippen LogP contribution < -0.4 is 15.4 Å². The van der Waals surface area contributed by atoms with Gasteiger partial charge in [0.15, 0.2) is 5.96 Å². The van der Waals surface area contributed by atoms with Gasteiger partial charge >= 0.3 is 0 Å². The molecule has 0 radical (unpaired) electrons.